The van der Waals surface area contributed by atoms with Gasteiger partial charge in [-0.15, -0.1) is 0 Å². The Hall–Kier alpha value is 0.350. The second-order valence-electron chi connectivity index (χ2n) is 1.96. The van der Waals surface area contributed by atoms with Crippen molar-refractivity contribution in [2.45, 2.75) is 19.3 Å². The average molecular weight is 101 g/mol. The topological polar surface area (TPSA) is 0 Å². The molecule has 0 amide bonds. The maximum atomic E-state index is 4.83. The first-order valence-electron chi connectivity index (χ1n) is 2.51. The Labute approximate surface area is 44.3 Å². The summed E-state index contributed by atoms with van der Waals surface area (Å²) in [6.07, 6.45) is 4.24. The Morgan fingerprint density at radius 1 is 1.50 bits per heavy atom. The SMILES string of the molecule is [S]CC1CCC1. The zero-order valence-electron chi connectivity index (χ0n) is 3.81. The van der Waals surface area contributed by atoms with Gasteiger partial charge in [0.2, 0.25) is 0 Å². The normalized spacial score (nSPS) is 23.5. The van der Waals surface area contributed by atoms with Gasteiger partial charge in [0.05, 0.1) is 0 Å². The molecule has 6 heavy (non-hydrogen) atoms. The highest BCUT2D eigenvalue weighted by atomic mass is 32.1. The lowest BCUT2D eigenvalue weighted by molar-refractivity contribution is 0.354. The molecule has 1 fully saturated rings. The Morgan fingerprint density at radius 2 is 2.17 bits per heavy atom. The van der Waals surface area contributed by atoms with Crippen molar-refractivity contribution >= 4 is 12.6 Å². The molecule has 1 heteroatoms. The van der Waals surface area contributed by atoms with Crippen molar-refractivity contribution in [3.63, 3.8) is 0 Å². The summed E-state index contributed by atoms with van der Waals surface area (Å²) in [4.78, 5) is 0. The lowest BCUT2D eigenvalue weighted by Crippen LogP contribution is -2.11. The fourth-order valence-electron chi connectivity index (χ4n) is 0.659. The van der Waals surface area contributed by atoms with E-state index >= 15 is 0 Å². The van der Waals surface area contributed by atoms with Crippen LogP contribution in [0.4, 0.5) is 0 Å². The molecule has 0 aliphatic heterocycles. The molecule has 0 N–H and O–H groups in total. The van der Waals surface area contributed by atoms with Gasteiger partial charge in [-0.2, -0.15) is 0 Å². The lowest BCUT2D eigenvalue weighted by Gasteiger charge is -2.21. The van der Waals surface area contributed by atoms with Crippen LogP contribution in [0.15, 0.2) is 0 Å². The van der Waals surface area contributed by atoms with Gasteiger partial charge in [0.15, 0.2) is 0 Å². The zero-order chi connectivity index (χ0) is 4.41. The molecule has 1 radical (unpaired) electrons. The molecule has 1 saturated carbocycles. The second kappa shape index (κ2) is 1.87. The highest BCUT2D eigenvalue weighted by Crippen LogP contribution is 2.26. The largest absolute Gasteiger partial charge is 0.0939 e. The van der Waals surface area contributed by atoms with Gasteiger partial charge in [-0.3, -0.25) is 0 Å². The van der Waals surface area contributed by atoms with E-state index in [1.54, 1.807) is 0 Å². The lowest BCUT2D eigenvalue weighted by atomic mass is 9.87. The van der Waals surface area contributed by atoms with Crippen LogP contribution >= 0.6 is 12.6 Å². The molecule has 0 heterocycles. The van der Waals surface area contributed by atoms with Gasteiger partial charge >= 0.3 is 0 Å². The maximum Gasteiger partial charge on any atom is 0.00653 e. The van der Waals surface area contributed by atoms with Gasteiger partial charge < -0.3 is 0 Å². The van der Waals surface area contributed by atoms with Crippen LogP contribution in [-0.4, -0.2) is 5.75 Å². The molecule has 0 saturated heterocycles. The molecule has 1 aliphatic rings. The van der Waals surface area contributed by atoms with E-state index in [1.807, 2.05) is 0 Å². The standard InChI is InChI=1S/C5H9S/c6-4-5-2-1-3-5/h5H,1-4H2. The summed E-state index contributed by atoms with van der Waals surface area (Å²) in [5.41, 5.74) is 0. The van der Waals surface area contributed by atoms with Gasteiger partial charge in [-0.1, -0.05) is 19.0 Å². The molecule has 0 spiro atoms. The molecule has 0 nitrogen and oxygen atoms in total. The molecule has 0 aromatic heterocycles. The smallest absolute Gasteiger partial charge is 0.00653 e. The third-order valence-electron chi connectivity index (χ3n) is 1.46. The zero-order valence-corrected chi connectivity index (χ0v) is 4.63. The number of hydrogen-bond donors (Lipinski definition) is 0. The fraction of sp³-hybridized carbons (Fsp3) is 1.00. The van der Waals surface area contributed by atoms with Gasteiger partial charge in [0.25, 0.3) is 0 Å². The van der Waals surface area contributed by atoms with Crippen LogP contribution in [-0.2, 0) is 0 Å². The fourth-order valence-corrected chi connectivity index (χ4v) is 0.993. The summed E-state index contributed by atoms with van der Waals surface area (Å²) in [5, 5.41) is 0. The summed E-state index contributed by atoms with van der Waals surface area (Å²) in [7, 11) is 0. The Morgan fingerprint density at radius 3 is 2.17 bits per heavy atom. The molecule has 0 atom stereocenters. The van der Waals surface area contributed by atoms with E-state index in [0.29, 0.717) is 0 Å². The van der Waals surface area contributed by atoms with Crippen molar-refractivity contribution in [2.75, 3.05) is 5.75 Å². The molecule has 1 rings (SSSR count). The predicted octanol–water partition coefficient (Wildman–Crippen LogP) is 1.98. The van der Waals surface area contributed by atoms with Crippen molar-refractivity contribution in [1.82, 2.24) is 0 Å². The summed E-state index contributed by atoms with van der Waals surface area (Å²) < 4.78 is 0. The van der Waals surface area contributed by atoms with Crippen molar-refractivity contribution < 1.29 is 0 Å². The van der Waals surface area contributed by atoms with E-state index in [9.17, 15) is 0 Å². The minimum absolute atomic E-state index is 0.931. The van der Waals surface area contributed by atoms with Crippen LogP contribution in [0.1, 0.15) is 19.3 Å². The molecular formula is C5H9S. The van der Waals surface area contributed by atoms with Gasteiger partial charge in [0, 0.05) is 5.75 Å². The van der Waals surface area contributed by atoms with Crippen LogP contribution in [0.25, 0.3) is 0 Å². The highest BCUT2D eigenvalue weighted by molar-refractivity contribution is 7.80. The third kappa shape index (κ3) is 0.700. The number of hydrogen-bond acceptors (Lipinski definition) is 0. The first-order valence-corrected chi connectivity index (χ1v) is 3.09. The Balaban J connectivity index is 2.01. The Kier molecular flexibility index (Phi) is 1.41. The van der Waals surface area contributed by atoms with Crippen LogP contribution < -0.4 is 0 Å². The quantitative estimate of drug-likeness (QED) is 0.474. The van der Waals surface area contributed by atoms with E-state index in [4.69, 9.17) is 12.6 Å². The van der Waals surface area contributed by atoms with Crippen molar-refractivity contribution in [2.24, 2.45) is 5.92 Å². The molecule has 0 aromatic rings. The van der Waals surface area contributed by atoms with E-state index in [1.165, 1.54) is 19.3 Å². The minimum atomic E-state index is 0.931. The van der Waals surface area contributed by atoms with Crippen molar-refractivity contribution in [3.8, 4) is 0 Å². The van der Waals surface area contributed by atoms with Gasteiger partial charge in [0.1, 0.15) is 0 Å². The second-order valence-corrected chi connectivity index (χ2v) is 2.30. The van der Waals surface area contributed by atoms with E-state index in [2.05, 4.69) is 0 Å². The average Bonchev–Trinajstić information content (AvgIpc) is 1.31. The van der Waals surface area contributed by atoms with E-state index < -0.39 is 0 Å². The van der Waals surface area contributed by atoms with Crippen LogP contribution in [0.3, 0.4) is 0 Å². The van der Waals surface area contributed by atoms with Crippen molar-refractivity contribution in [1.29, 1.82) is 0 Å². The highest BCUT2D eigenvalue weighted by Gasteiger charge is 2.14. The minimum Gasteiger partial charge on any atom is -0.0939 e. The predicted molar refractivity (Wildman–Crippen MR) is 29.8 cm³/mol. The third-order valence-corrected chi connectivity index (χ3v) is 1.93. The summed E-state index contributed by atoms with van der Waals surface area (Å²) in [5.74, 6) is 1.93. The summed E-state index contributed by atoms with van der Waals surface area (Å²) in [6, 6.07) is 0. The van der Waals surface area contributed by atoms with Gasteiger partial charge in [-0.25, -0.2) is 0 Å². The molecule has 1 aliphatic carbocycles. The summed E-state index contributed by atoms with van der Waals surface area (Å²) >= 11 is 4.83. The molecular weight excluding hydrogens is 92.1 g/mol. The van der Waals surface area contributed by atoms with Crippen LogP contribution in [0, 0.1) is 5.92 Å². The molecule has 35 valence electrons. The maximum absolute atomic E-state index is 4.83. The van der Waals surface area contributed by atoms with Crippen LogP contribution in [0.2, 0.25) is 0 Å². The summed E-state index contributed by atoms with van der Waals surface area (Å²) in [6.45, 7) is 0. The monoisotopic (exact) mass is 101 g/mol. The molecule has 0 unspecified atom stereocenters. The van der Waals surface area contributed by atoms with E-state index in [-0.39, 0.29) is 0 Å². The number of rotatable bonds is 1. The molecule has 0 aromatic carbocycles. The van der Waals surface area contributed by atoms with Crippen LogP contribution in [0.5, 0.6) is 0 Å². The van der Waals surface area contributed by atoms with E-state index in [0.717, 1.165) is 11.7 Å². The van der Waals surface area contributed by atoms with Crippen molar-refractivity contribution in [3.05, 3.63) is 0 Å². The van der Waals surface area contributed by atoms with Gasteiger partial charge in [-0.05, 0) is 18.8 Å². The molecule has 0 bridgehead atoms. The Bertz CT molecular complexity index is 36.4. The first kappa shape index (κ1) is 4.51. The first-order chi connectivity index (χ1) is 2.93.